The smallest absolute Gasteiger partial charge is 0.227 e. The van der Waals surface area contributed by atoms with E-state index in [1.807, 2.05) is 0 Å². The highest BCUT2D eigenvalue weighted by atomic mass is 19.1. The van der Waals surface area contributed by atoms with Gasteiger partial charge in [-0.3, -0.25) is 4.79 Å². The van der Waals surface area contributed by atoms with Crippen molar-refractivity contribution in [3.63, 3.8) is 0 Å². The second-order valence-corrected chi connectivity index (χ2v) is 5.29. The molecule has 104 valence electrons. The van der Waals surface area contributed by atoms with Crippen LogP contribution in [0.2, 0.25) is 0 Å². The van der Waals surface area contributed by atoms with Crippen LogP contribution >= 0.6 is 0 Å². The molecular formula is C15H21FN2O. The third kappa shape index (κ3) is 4.03. The van der Waals surface area contributed by atoms with Crippen LogP contribution in [0, 0.1) is 17.7 Å². The molecule has 1 amide bonds. The number of anilines is 1. The number of nitrogens with one attached hydrogen (secondary N) is 1. The second-order valence-electron chi connectivity index (χ2n) is 5.29. The van der Waals surface area contributed by atoms with E-state index >= 15 is 0 Å². The van der Waals surface area contributed by atoms with Crippen molar-refractivity contribution < 1.29 is 9.18 Å². The topological polar surface area (TPSA) is 55.1 Å². The molecule has 0 aromatic heterocycles. The molecular weight excluding hydrogens is 243 g/mol. The summed E-state index contributed by atoms with van der Waals surface area (Å²) >= 11 is 0. The van der Waals surface area contributed by atoms with Gasteiger partial charge in [0.05, 0.1) is 0 Å². The molecule has 0 bridgehead atoms. The number of rotatable bonds is 4. The molecule has 19 heavy (non-hydrogen) atoms. The van der Waals surface area contributed by atoms with Gasteiger partial charge in [-0.1, -0.05) is 6.07 Å². The molecule has 4 heteroatoms. The first-order chi connectivity index (χ1) is 9.19. The van der Waals surface area contributed by atoms with Crippen LogP contribution < -0.4 is 11.1 Å². The number of amides is 1. The third-order valence-electron chi connectivity index (χ3n) is 3.88. The standard InChI is InChI=1S/C15H21FN2O/c16-13-2-1-3-14(10-13)18-15(19)12-6-4-11(5-7-12)8-9-17/h1-3,10-12H,4-9,17H2,(H,18,19). The largest absolute Gasteiger partial charge is 0.330 e. The normalized spacial score (nSPS) is 23.1. The van der Waals surface area contributed by atoms with Crippen LogP contribution in [0.1, 0.15) is 32.1 Å². The fraction of sp³-hybridized carbons (Fsp3) is 0.533. The van der Waals surface area contributed by atoms with Crippen LogP contribution in [0.5, 0.6) is 0 Å². The number of hydrogen-bond acceptors (Lipinski definition) is 2. The number of nitrogens with two attached hydrogens (primary N) is 1. The molecule has 1 aromatic rings. The Labute approximate surface area is 113 Å². The first-order valence-corrected chi connectivity index (χ1v) is 6.95. The first kappa shape index (κ1) is 14.0. The summed E-state index contributed by atoms with van der Waals surface area (Å²) in [4.78, 5) is 12.1. The molecule has 3 nitrogen and oxygen atoms in total. The van der Waals surface area contributed by atoms with Crippen molar-refractivity contribution in [3.05, 3.63) is 30.1 Å². The summed E-state index contributed by atoms with van der Waals surface area (Å²) in [5.41, 5.74) is 6.09. The van der Waals surface area contributed by atoms with E-state index < -0.39 is 0 Å². The van der Waals surface area contributed by atoms with Gasteiger partial charge < -0.3 is 11.1 Å². The van der Waals surface area contributed by atoms with E-state index in [1.54, 1.807) is 12.1 Å². The predicted molar refractivity (Wildman–Crippen MR) is 74.1 cm³/mol. The maximum Gasteiger partial charge on any atom is 0.227 e. The van der Waals surface area contributed by atoms with Gasteiger partial charge in [0.1, 0.15) is 5.82 Å². The van der Waals surface area contributed by atoms with Gasteiger partial charge in [0.15, 0.2) is 0 Å². The summed E-state index contributed by atoms with van der Waals surface area (Å²) in [6.45, 7) is 0.727. The van der Waals surface area contributed by atoms with E-state index in [9.17, 15) is 9.18 Å². The Morgan fingerprint density at radius 2 is 2.05 bits per heavy atom. The zero-order valence-electron chi connectivity index (χ0n) is 11.1. The quantitative estimate of drug-likeness (QED) is 0.878. The van der Waals surface area contributed by atoms with E-state index in [4.69, 9.17) is 5.73 Å². The minimum atomic E-state index is -0.329. The van der Waals surface area contributed by atoms with Gasteiger partial charge >= 0.3 is 0 Å². The highest BCUT2D eigenvalue weighted by Gasteiger charge is 2.25. The molecule has 0 saturated heterocycles. The number of benzene rings is 1. The Morgan fingerprint density at radius 1 is 1.32 bits per heavy atom. The number of carbonyl (C=O) groups excluding carboxylic acids is 1. The maximum atomic E-state index is 13.0. The average molecular weight is 264 g/mol. The molecule has 1 fully saturated rings. The van der Waals surface area contributed by atoms with Gasteiger partial charge in [0.2, 0.25) is 5.91 Å². The Hall–Kier alpha value is -1.42. The van der Waals surface area contributed by atoms with Crippen molar-refractivity contribution in [2.24, 2.45) is 17.6 Å². The molecule has 1 aliphatic rings. The average Bonchev–Trinajstić information content (AvgIpc) is 2.40. The van der Waals surface area contributed by atoms with Crippen molar-refractivity contribution in [1.82, 2.24) is 0 Å². The van der Waals surface area contributed by atoms with Crippen molar-refractivity contribution in [2.75, 3.05) is 11.9 Å². The van der Waals surface area contributed by atoms with Gasteiger partial charge in [0.25, 0.3) is 0 Å². The molecule has 0 radical (unpaired) electrons. The van der Waals surface area contributed by atoms with Gasteiger partial charge in [-0.15, -0.1) is 0 Å². The van der Waals surface area contributed by atoms with Crippen LogP contribution in [0.15, 0.2) is 24.3 Å². The monoisotopic (exact) mass is 264 g/mol. The van der Waals surface area contributed by atoms with E-state index in [1.165, 1.54) is 12.1 Å². The molecule has 2 rings (SSSR count). The van der Waals surface area contributed by atoms with Gasteiger partial charge in [-0.2, -0.15) is 0 Å². The number of hydrogen-bond donors (Lipinski definition) is 2. The minimum Gasteiger partial charge on any atom is -0.330 e. The van der Waals surface area contributed by atoms with Crippen molar-refractivity contribution in [3.8, 4) is 0 Å². The Bertz CT molecular complexity index is 428. The highest BCUT2D eigenvalue weighted by molar-refractivity contribution is 5.92. The Balaban J connectivity index is 1.84. The van der Waals surface area contributed by atoms with E-state index in [0.717, 1.165) is 38.6 Å². The van der Waals surface area contributed by atoms with Gasteiger partial charge in [-0.25, -0.2) is 4.39 Å². The number of halogens is 1. The summed E-state index contributed by atoms with van der Waals surface area (Å²) in [5.74, 6) is 0.404. The summed E-state index contributed by atoms with van der Waals surface area (Å²) in [6, 6.07) is 6.02. The van der Waals surface area contributed by atoms with Crippen LogP contribution in [0.3, 0.4) is 0 Å². The van der Waals surface area contributed by atoms with Gasteiger partial charge in [-0.05, 0) is 62.8 Å². The minimum absolute atomic E-state index is 0.0109. The molecule has 0 atom stereocenters. The molecule has 0 unspecified atom stereocenters. The summed E-state index contributed by atoms with van der Waals surface area (Å²) in [6.07, 6.45) is 5.01. The predicted octanol–water partition coefficient (Wildman–Crippen LogP) is 2.92. The fourth-order valence-corrected chi connectivity index (χ4v) is 2.76. The maximum absolute atomic E-state index is 13.0. The lowest BCUT2D eigenvalue weighted by atomic mass is 9.80. The highest BCUT2D eigenvalue weighted by Crippen LogP contribution is 2.31. The van der Waals surface area contributed by atoms with Crippen molar-refractivity contribution >= 4 is 11.6 Å². The zero-order valence-corrected chi connectivity index (χ0v) is 11.1. The molecule has 1 saturated carbocycles. The zero-order chi connectivity index (χ0) is 13.7. The molecule has 3 N–H and O–H groups in total. The fourth-order valence-electron chi connectivity index (χ4n) is 2.76. The van der Waals surface area contributed by atoms with Crippen molar-refractivity contribution in [1.29, 1.82) is 0 Å². The Morgan fingerprint density at radius 3 is 2.68 bits per heavy atom. The lowest BCUT2D eigenvalue weighted by Gasteiger charge is -2.27. The summed E-state index contributed by atoms with van der Waals surface area (Å²) in [5, 5.41) is 2.80. The van der Waals surface area contributed by atoms with Crippen LogP contribution in [-0.2, 0) is 4.79 Å². The lowest BCUT2D eigenvalue weighted by Crippen LogP contribution is -2.27. The molecule has 1 aromatic carbocycles. The van der Waals surface area contributed by atoms with E-state index in [0.29, 0.717) is 11.6 Å². The first-order valence-electron chi connectivity index (χ1n) is 6.95. The third-order valence-corrected chi connectivity index (χ3v) is 3.88. The molecule has 0 aliphatic heterocycles. The van der Waals surface area contributed by atoms with Gasteiger partial charge in [0, 0.05) is 11.6 Å². The van der Waals surface area contributed by atoms with E-state index in [2.05, 4.69) is 5.32 Å². The van der Waals surface area contributed by atoms with Crippen molar-refractivity contribution in [2.45, 2.75) is 32.1 Å². The number of carbonyl (C=O) groups is 1. The van der Waals surface area contributed by atoms with Crippen LogP contribution in [-0.4, -0.2) is 12.5 Å². The molecule has 0 heterocycles. The summed E-state index contributed by atoms with van der Waals surface area (Å²) in [7, 11) is 0. The molecule has 1 aliphatic carbocycles. The SMILES string of the molecule is NCCC1CCC(C(=O)Nc2cccc(F)c2)CC1. The molecule has 0 spiro atoms. The van der Waals surface area contributed by atoms with Crippen LogP contribution in [0.4, 0.5) is 10.1 Å². The van der Waals surface area contributed by atoms with E-state index in [-0.39, 0.29) is 17.6 Å². The van der Waals surface area contributed by atoms with Crippen LogP contribution in [0.25, 0.3) is 0 Å². The lowest BCUT2D eigenvalue weighted by molar-refractivity contribution is -0.121. The summed E-state index contributed by atoms with van der Waals surface area (Å²) < 4.78 is 13.0. The second kappa shape index (κ2) is 6.66. The Kier molecular flexibility index (Phi) is 4.91.